The fourth-order valence-corrected chi connectivity index (χ4v) is 2.80. The first-order chi connectivity index (χ1) is 11.1. The molecule has 1 aromatic carbocycles. The number of carbonyl (C=O) groups is 1. The number of carbonyl (C=O) groups excluding carboxylic acids is 1. The number of nitrogens with zero attached hydrogens (tertiary/aromatic N) is 2. The Labute approximate surface area is 150 Å². The number of nitrogens with one attached hydrogen (secondary N) is 1. The topological polar surface area (TPSA) is 75.1 Å². The van der Waals surface area contributed by atoms with Gasteiger partial charge in [-0.25, -0.2) is 0 Å². The average Bonchev–Trinajstić information content (AvgIpc) is 2.57. The molecule has 3 rings (SSSR count). The number of fused-ring (bicyclic) bond motifs is 1. The zero-order valence-corrected chi connectivity index (χ0v) is 14.3. The van der Waals surface area contributed by atoms with Gasteiger partial charge in [-0.1, -0.05) is 11.6 Å². The smallest absolute Gasteiger partial charge is 0.217 e. The maximum Gasteiger partial charge on any atom is 0.217 e. The van der Waals surface area contributed by atoms with E-state index in [0.29, 0.717) is 21.5 Å². The van der Waals surface area contributed by atoms with Gasteiger partial charge in [0.15, 0.2) is 0 Å². The monoisotopic (exact) mass is 363 g/mol. The van der Waals surface area contributed by atoms with Crippen LogP contribution in [0.3, 0.4) is 0 Å². The quantitative estimate of drug-likeness (QED) is 0.744. The molecule has 0 saturated carbocycles. The Kier molecular flexibility index (Phi) is 5.59. The fourth-order valence-electron chi connectivity index (χ4n) is 2.53. The van der Waals surface area contributed by atoms with E-state index in [2.05, 4.69) is 15.3 Å². The minimum Gasteiger partial charge on any atom is -0.505 e. The molecule has 1 unspecified atom stereocenters. The van der Waals surface area contributed by atoms with Crippen LogP contribution >= 0.6 is 24.0 Å². The Morgan fingerprint density at radius 2 is 1.96 bits per heavy atom. The van der Waals surface area contributed by atoms with Crippen molar-refractivity contribution in [2.24, 2.45) is 0 Å². The van der Waals surface area contributed by atoms with E-state index in [9.17, 15) is 9.90 Å². The molecule has 24 heavy (non-hydrogen) atoms. The minimum atomic E-state index is -0.542. The third-order valence-electron chi connectivity index (χ3n) is 3.54. The van der Waals surface area contributed by atoms with Gasteiger partial charge in [-0.2, -0.15) is 0 Å². The van der Waals surface area contributed by atoms with Crippen LogP contribution in [-0.4, -0.2) is 21.0 Å². The summed E-state index contributed by atoms with van der Waals surface area (Å²) in [5.74, 6) is -0.219. The van der Waals surface area contributed by atoms with Crippen LogP contribution in [0.1, 0.15) is 24.1 Å². The van der Waals surface area contributed by atoms with Crippen molar-refractivity contribution in [2.75, 3.05) is 0 Å². The van der Waals surface area contributed by atoms with Gasteiger partial charge in [-0.3, -0.25) is 14.8 Å². The standard InChI is InChI=1S/C17H14ClN3O2.ClH/c1-10(22)21-15(11-4-7-19-8-5-11)13-9-14(18)12-3-2-6-20-16(12)17(13)23;/h2-9,15,23H,1H3,(H,21,22);1H. The van der Waals surface area contributed by atoms with Crippen molar-refractivity contribution in [3.8, 4) is 5.75 Å². The van der Waals surface area contributed by atoms with Crippen molar-refractivity contribution < 1.29 is 9.90 Å². The molecule has 3 aromatic rings. The van der Waals surface area contributed by atoms with Crippen LogP contribution in [0.25, 0.3) is 10.9 Å². The van der Waals surface area contributed by atoms with E-state index >= 15 is 0 Å². The number of phenols is 1. The van der Waals surface area contributed by atoms with Gasteiger partial charge in [0, 0.05) is 36.5 Å². The summed E-state index contributed by atoms with van der Waals surface area (Å²) < 4.78 is 0. The van der Waals surface area contributed by atoms with Crippen molar-refractivity contribution in [1.29, 1.82) is 0 Å². The SMILES string of the molecule is CC(=O)NC(c1ccncc1)c1cc(Cl)c2cccnc2c1O.Cl. The number of rotatable bonds is 3. The number of phenolic OH excluding ortho intramolecular Hbond substituents is 1. The molecule has 0 aliphatic carbocycles. The van der Waals surface area contributed by atoms with Gasteiger partial charge in [-0.15, -0.1) is 12.4 Å². The molecule has 7 heteroatoms. The highest BCUT2D eigenvalue weighted by atomic mass is 35.5. The number of pyridine rings is 2. The van der Waals surface area contributed by atoms with E-state index in [4.69, 9.17) is 11.6 Å². The summed E-state index contributed by atoms with van der Waals surface area (Å²) in [5, 5.41) is 14.6. The molecule has 2 aromatic heterocycles. The highest BCUT2D eigenvalue weighted by Gasteiger charge is 2.22. The van der Waals surface area contributed by atoms with Gasteiger partial charge in [-0.05, 0) is 35.9 Å². The second-order valence-corrected chi connectivity index (χ2v) is 5.52. The maximum atomic E-state index is 11.6. The number of aromatic hydroxyl groups is 1. The molecule has 0 aliphatic rings. The fraction of sp³-hybridized carbons (Fsp3) is 0.118. The summed E-state index contributed by atoms with van der Waals surface area (Å²) in [7, 11) is 0. The Bertz CT molecular complexity index is 872. The number of aromatic nitrogens is 2. The lowest BCUT2D eigenvalue weighted by Crippen LogP contribution is -2.27. The van der Waals surface area contributed by atoms with E-state index in [-0.39, 0.29) is 24.1 Å². The molecule has 0 spiro atoms. The van der Waals surface area contributed by atoms with Crippen LogP contribution in [0.5, 0.6) is 5.75 Å². The van der Waals surface area contributed by atoms with Crippen molar-refractivity contribution in [3.05, 3.63) is 65.1 Å². The molecule has 0 saturated heterocycles. The number of hydrogen-bond acceptors (Lipinski definition) is 4. The zero-order chi connectivity index (χ0) is 16.4. The van der Waals surface area contributed by atoms with Crippen LogP contribution in [-0.2, 0) is 4.79 Å². The molecule has 124 valence electrons. The second-order valence-electron chi connectivity index (χ2n) is 5.11. The van der Waals surface area contributed by atoms with Crippen molar-refractivity contribution in [2.45, 2.75) is 13.0 Å². The second kappa shape index (κ2) is 7.47. The largest absolute Gasteiger partial charge is 0.505 e. The number of halogens is 2. The molecule has 2 N–H and O–H groups in total. The summed E-state index contributed by atoms with van der Waals surface area (Å²) in [6, 6.07) is 8.20. The molecule has 1 amide bonds. The van der Waals surface area contributed by atoms with Crippen molar-refractivity contribution >= 4 is 40.8 Å². The normalized spacial score (nSPS) is 11.6. The lowest BCUT2D eigenvalue weighted by Gasteiger charge is -2.21. The summed E-state index contributed by atoms with van der Waals surface area (Å²) in [4.78, 5) is 19.8. The van der Waals surface area contributed by atoms with Crippen LogP contribution in [0.4, 0.5) is 0 Å². The molecule has 0 aliphatic heterocycles. The Hall–Kier alpha value is -2.37. The molecule has 1 atom stereocenters. The number of hydrogen-bond donors (Lipinski definition) is 2. The first-order valence-corrected chi connectivity index (χ1v) is 7.39. The summed E-state index contributed by atoms with van der Waals surface area (Å²) >= 11 is 6.33. The van der Waals surface area contributed by atoms with Crippen molar-refractivity contribution in [3.63, 3.8) is 0 Å². The minimum absolute atomic E-state index is 0. The molecule has 0 fully saturated rings. The number of benzene rings is 1. The van der Waals surface area contributed by atoms with Crippen molar-refractivity contribution in [1.82, 2.24) is 15.3 Å². The van der Waals surface area contributed by atoms with E-state index in [0.717, 1.165) is 5.56 Å². The molecular weight excluding hydrogens is 349 g/mol. The highest BCUT2D eigenvalue weighted by Crippen LogP contribution is 2.38. The number of amides is 1. The van der Waals surface area contributed by atoms with Crippen LogP contribution in [0, 0.1) is 0 Å². The maximum absolute atomic E-state index is 11.6. The molecule has 2 heterocycles. The van der Waals surface area contributed by atoms with Gasteiger partial charge in [0.05, 0.1) is 11.1 Å². The van der Waals surface area contributed by atoms with Crippen LogP contribution < -0.4 is 5.32 Å². The van der Waals surface area contributed by atoms with Crippen LogP contribution in [0.15, 0.2) is 48.9 Å². The molecule has 0 radical (unpaired) electrons. The third-order valence-corrected chi connectivity index (χ3v) is 3.86. The first-order valence-electron chi connectivity index (χ1n) is 7.01. The lowest BCUT2D eigenvalue weighted by molar-refractivity contribution is -0.119. The molecule has 0 bridgehead atoms. The summed E-state index contributed by atoms with van der Waals surface area (Å²) in [5.41, 5.74) is 1.68. The summed E-state index contributed by atoms with van der Waals surface area (Å²) in [6.45, 7) is 1.42. The molecular formula is C17H15Cl2N3O2. The van der Waals surface area contributed by atoms with Gasteiger partial charge < -0.3 is 10.4 Å². The van der Waals surface area contributed by atoms with Gasteiger partial charge >= 0.3 is 0 Å². The van der Waals surface area contributed by atoms with Gasteiger partial charge in [0.2, 0.25) is 5.91 Å². The van der Waals surface area contributed by atoms with E-state index in [1.165, 1.54) is 6.92 Å². The van der Waals surface area contributed by atoms with Gasteiger partial charge in [0.1, 0.15) is 11.3 Å². The van der Waals surface area contributed by atoms with E-state index in [1.807, 2.05) is 0 Å². The average molecular weight is 364 g/mol. The Balaban J connectivity index is 0.00000208. The van der Waals surface area contributed by atoms with E-state index < -0.39 is 6.04 Å². The highest BCUT2D eigenvalue weighted by molar-refractivity contribution is 6.35. The summed E-state index contributed by atoms with van der Waals surface area (Å²) in [6.07, 6.45) is 4.84. The van der Waals surface area contributed by atoms with Gasteiger partial charge in [0.25, 0.3) is 0 Å². The Morgan fingerprint density at radius 1 is 1.25 bits per heavy atom. The predicted molar refractivity (Wildman–Crippen MR) is 95.6 cm³/mol. The lowest BCUT2D eigenvalue weighted by atomic mass is 9.97. The first kappa shape index (κ1) is 18.0. The zero-order valence-electron chi connectivity index (χ0n) is 12.7. The predicted octanol–water partition coefficient (Wildman–Crippen LogP) is 3.64. The molecule has 5 nitrogen and oxygen atoms in total. The third kappa shape index (κ3) is 3.42. The van der Waals surface area contributed by atoms with E-state index in [1.54, 1.807) is 48.9 Å². The Morgan fingerprint density at radius 3 is 2.62 bits per heavy atom. The van der Waals surface area contributed by atoms with Crippen LogP contribution in [0.2, 0.25) is 5.02 Å².